The van der Waals surface area contributed by atoms with E-state index in [0.29, 0.717) is 5.92 Å². The molecule has 0 N–H and O–H groups in total. The number of hydrogen-bond acceptors (Lipinski definition) is 2. The summed E-state index contributed by atoms with van der Waals surface area (Å²) in [5.74, 6) is 0.487. The highest BCUT2D eigenvalue weighted by molar-refractivity contribution is 5.78. The van der Waals surface area contributed by atoms with Gasteiger partial charge in [0.1, 0.15) is 6.61 Å². The summed E-state index contributed by atoms with van der Waals surface area (Å²) in [4.78, 5) is 14.1. The average Bonchev–Trinajstić information content (AvgIpc) is 2.70. The molecule has 100 valence electrons. The Hall–Kier alpha value is -1.29. The molecule has 1 aromatic heterocycles. The molecule has 18 heavy (non-hydrogen) atoms. The van der Waals surface area contributed by atoms with Gasteiger partial charge in [0.15, 0.2) is 0 Å². The molecule has 0 saturated heterocycles. The van der Waals surface area contributed by atoms with Gasteiger partial charge >= 0.3 is 0 Å². The predicted molar refractivity (Wildman–Crippen MR) is 70.3 cm³/mol. The second-order valence-electron chi connectivity index (χ2n) is 5.26. The Morgan fingerprint density at radius 2 is 2.17 bits per heavy atom. The maximum Gasteiger partial charge on any atom is 0.249 e. The van der Waals surface area contributed by atoms with Gasteiger partial charge in [-0.3, -0.25) is 4.79 Å². The fourth-order valence-electron chi connectivity index (χ4n) is 2.85. The number of ether oxygens (including phenoxy) is 1. The molecular weight excluding hydrogens is 228 g/mol. The lowest BCUT2D eigenvalue weighted by Crippen LogP contribution is -2.45. The first-order chi connectivity index (χ1) is 8.56. The van der Waals surface area contributed by atoms with E-state index in [9.17, 15) is 4.79 Å². The molecule has 2 heterocycles. The van der Waals surface area contributed by atoms with Gasteiger partial charge in [-0.15, -0.1) is 0 Å². The first-order valence-electron chi connectivity index (χ1n) is 6.50. The van der Waals surface area contributed by atoms with Crippen LogP contribution in [0.3, 0.4) is 0 Å². The Morgan fingerprint density at radius 3 is 2.78 bits per heavy atom. The molecule has 1 amide bonds. The van der Waals surface area contributed by atoms with Crippen LogP contribution in [-0.2, 0) is 16.1 Å². The number of aromatic nitrogens is 1. The van der Waals surface area contributed by atoms with E-state index >= 15 is 0 Å². The summed E-state index contributed by atoms with van der Waals surface area (Å²) in [6, 6.07) is 4.44. The van der Waals surface area contributed by atoms with Crippen LogP contribution in [0, 0.1) is 12.8 Å². The van der Waals surface area contributed by atoms with Crippen LogP contribution in [0.25, 0.3) is 0 Å². The molecule has 4 heteroatoms. The molecule has 2 rings (SSSR count). The van der Waals surface area contributed by atoms with Crippen molar-refractivity contribution in [1.82, 2.24) is 9.47 Å². The fraction of sp³-hybridized carbons (Fsp3) is 0.643. The van der Waals surface area contributed by atoms with Gasteiger partial charge in [-0.2, -0.15) is 0 Å². The van der Waals surface area contributed by atoms with E-state index < -0.39 is 0 Å². The van der Waals surface area contributed by atoms with Crippen LogP contribution in [0.15, 0.2) is 12.1 Å². The van der Waals surface area contributed by atoms with Crippen molar-refractivity contribution in [3.8, 4) is 0 Å². The van der Waals surface area contributed by atoms with Gasteiger partial charge in [0, 0.05) is 31.6 Å². The monoisotopic (exact) mass is 250 g/mol. The highest BCUT2D eigenvalue weighted by Crippen LogP contribution is 2.33. The molecule has 0 saturated carbocycles. The van der Waals surface area contributed by atoms with Crippen molar-refractivity contribution < 1.29 is 9.53 Å². The van der Waals surface area contributed by atoms with Crippen LogP contribution in [0.2, 0.25) is 0 Å². The summed E-state index contributed by atoms with van der Waals surface area (Å²) in [5, 5.41) is 0. The topological polar surface area (TPSA) is 34.5 Å². The van der Waals surface area contributed by atoms with Crippen molar-refractivity contribution in [2.45, 2.75) is 33.4 Å². The molecule has 0 unspecified atom stereocenters. The summed E-state index contributed by atoms with van der Waals surface area (Å²) in [6.07, 6.45) is 0. The van der Waals surface area contributed by atoms with Crippen LogP contribution < -0.4 is 0 Å². The van der Waals surface area contributed by atoms with Crippen LogP contribution in [0.5, 0.6) is 0 Å². The number of rotatable bonds is 3. The first-order valence-corrected chi connectivity index (χ1v) is 6.50. The molecule has 1 aliphatic rings. The average molecular weight is 250 g/mol. The molecule has 0 aromatic carbocycles. The van der Waals surface area contributed by atoms with Crippen LogP contribution in [-0.4, -0.2) is 35.6 Å². The molecule has 1 atom stereocenters. The minimum atomic E-state index is 0.0845. The number of aryl methyl sites for hydroxylation is 1. The van der Waals surface area contributed by atoms with Crippen LogP contribution in [0.4, 0.5) is 0 Å². The Labute approximate surface area is 109 Å². The van der Waals surface area contributed by atoms with Crippen molar-refractivity contribution in [2.75, 3.05) is 20.3 Å². The Bertz CT molecular complexity index is 437. The van der Waals surface area contributed by atoms with Crippen molar-refractivity contribution in [2.24, 2.45) is 5.92 Å². The molecule has 0 spiro atoms. The number of amides is 1. The lowest BCUT2D eigenvalue weighted by molar-refractivity contribution is -0.140. The fourth-order valence-corrected chi connectivity index (χ4v) is 2.85. The van der Waals surface area contributed by atoms with Gasteiger partial charge in [0.2, 0.25) is 5.91 Å². The predicted octanol–water partition coefficient (Wildman–Crippen LogP) is 1.98. The highest BCUT2D eigenvalue weighted by atomic mass is 16.5. The molecule has 0 radical (unpaired) electrons. The second kappa shape index (κ2) is 5.14. The lowest BCUT2D eigenvalue weighted by atomic mass is 9.97. The molecule has 1 aromatic rings. The summed E-state index contributed by atoms with van der Waals surface area (Å²) in [5.41, 5.74) is 2.52. The molecule has 0 bridgehead atoms. The Kier molecular flexibility index (Phi) is 3.76. The van der Waals surface area contributed by atoms with E-state index in [4.69, 9.17) is 4.74 Å². The zero-order chi connectivity index (χ0) is 13.3. The molecular formula is C14H22N2O2. The minimum absolute atomic E-state index is 0.0845. The standard InChI is InChI=1S/C14H22N2O2/c1-10(2)14-12-6-5-11(3)15(12)7-8-16(14)13(17)9-18-4/h5-6,10,14H,7-9H2,1-4H3/t14-/m0/s1. The van der Waals surface area contributed by atoms with E-state index in [1.54, 1.807) is 7.11 Å². The van der Waals surface area contributed by atoms with Crippen molar-refractivity contribution in [1.29, 1.82) is 0 Å². The van der Waals surface area contributed by atoms with Gasteiger partial charge in [-0.25, -0.2) is 0 Å². The molecule has 0 aliphatic carbocycles. The van der Waals surface area contributed by atoms with Crippen molar-refractivity contribution in [3.05, 3.63) is 23.5 Å². The van der Waals surface area contributed by atoms with E-state index in [2.05, 4.69) is 37.5 Å². The third-order valence-corrected chi connectivity index (χ3v) is 3.66. The van der Waals surface area contributed by atoms with Crippen LogP contribution >= 0.6 is 0 Å². The lowest BCUT2D eigenvalue weighted by Gasteiger charge is -2.39. The second-order valence-corrected chi connectivity index (χ2v) is 5.26. The third kappa shape index (κ3) is 2.17. The smallest absolute Gasteiger partial charge is 0.249 e. The van der Waals surface area contributed by atoms with Crippen LogP contribution in [0.1, 0.15) is 31.3 Å². The summed E-state index contributed by atoms with van der Waals surface area (Å²) in [7, 11) is 1.57. The normalized spacial score (nSPS) is 19.2. The zero-order valence-corrected chi connectivity index (χ0v) is 11.6. The van der Waals surface area contributed by atoms with Gasteiger partial charge in [0.25, 0.3) is 0 Å². The third-order valence-electron chi connectivity index (χ3n) is 3.66. The number of carbonyl (C=O) groups excluding carboxylic acids is 1. The van der Waals surface area contributed by atoms with E-state index in [0.717, 1.165) is 13.1 Å². The zero-order valence-electron chi connectivity index (χ0n) is 11.6. The maximum atomic E-state index is 12.1. The molecule has 1 aliphatic heterocycles. The van der Waals surface area contributed by atoms with E-state index in [1.807, 2.05) is 4.90 Å². The highest BCUT2D eigenvalue weighted by Gasteiger charge is 2.33. The summed E-state index contributed by atoms with van der Waals surface area (Å²) >= 11 is 0. The first kappa shape index (κ1) is 13.1. The number of nitrogens with zero attached hydrogens (tertiary/aromatic N) is 2. The quantitative estimate of drug-likeness (QED) is 0.822. The summed E-state index contributed by atoms with van der Waals surface area (Å²) in [6.45, 7) is 8.27. The van der Waals surface area contributed by atoms with Gasteiger partial charge in [0.05, 0.1) is 6.04 Å². The maximum absolute atomic E-state index is 12.1. The largest absolute Gasteiger partial charge is 0.375 e. The minimum Gasteiger partial charge on any atom is -0.375 e. The number of carbonyl (C=O) groups is 1. The number of methoxy groups -OCH3 is 1. The number of fused-ring (bicyclic) bond motifs is 1. The van der Waals surface area contributed by atoms with Gasteiger partial charge < -0.3 is 14.2 Å². The molecule has 4 nitrogen and oxygen atoms in total. The Balaban J connectivity index is 2.32. The van der Waals surface area contributed by atoms with Crippen molar-refractivity contribution in [3.63, 3.8) is 0 Å². The molecule has 0 fully saturated rings. The van der Waals surface area contributed by atoms with E-state index in [1.165, 1.54) is 11.4 Å². The SMILES string of the molecule is COCC(=O)N1CCn2c(C)ccc2[C@@H]1C(C)C. The number of hydrogen-bond donors (Lipinski definition) is 0. The Morgan fingerprint density at radius 1 is 1.44 bits per heavy atom. The van der Waals surface area contributed by atoms with Gasteiger partial charge in [-0.1, -0.05) is 13.8 Å². The van der Waals surface area contributed by atoms with Crippen molar-refractivity contribution >= 4 is 5.91 Å². The van der Waals surface area contributed by atoms with E-state index in [-0.39, 0.29) is 18.6 Å². The summed E-state index contributed by atoms with van der Waals surface area (Å²) < 4.78 is 7.30. The van der Waals surface area contributed by atoms with Gasteiger partial charge in [-0.05, 0) is 25.0 Å².